The Labute approximate surface area is 112 Å². The molecule has 1 rings (SSSR count). The third-order valence-electron chi connectivity index (χ3n) is 3.65. The molecular formula is C15H30N2O. The third-order valence-corrected chi connectivity index (χ3v) is 3.65. The van der Waals surface area contributed by atoms with Crippen LogP contribution in [-0.4, -0.2) is 37.0 Å². The Hall–Kier alpha value is -0.570. The SMILES string of the molecule is CCCC(=O)NCCCCCCN1CCCCC1. The van der Waals surface area contributed by atoms with Crippen LogP contribution in [0.25, 0.3) is 0 Å². The number of unbranched alkanes of at least 4 members (excludes halogenated alkanes) is 3. The van der Waals surface area contributed by atoms with Gasteiger partial charge < -0.3 is 10.2 Å². The Morgan fingerprint density at radius 1 is 1.06 bits per heavy atom. The molecule has 0 aromatic carbocycles. The molecule has 1 aliphatic heterocycles. The number of carbonyl (C=O) groups excluding carboxylic acids is 1. The predicted octanol–water partition coefficient (Wildman–Crippen LogP) is 2.95. The van der Waals surface area contributed by atoms with Crippen LogP contribution in [-0.2, 0) is 4.79 Å². The summed E-state index contributed by atoms with van der Waals surface area (Å²) in [5, 5.41) is 2.97. The molecular weight excluding hydrogens is 224 g/mol. The van der Waals surface area contributed by atoms with Crippen molar-refractivity contribution in [2.75, 3.05) is 26.2 Å². The third kappa shape index (κ3) is 7.70. The van der Waals surface area contributed by atoms with Crippen LogP contribution in [0.5, 0.6) is 0 Å². The molecule has 0 radical (unpaired) electrons. The standard InChI is InChI=1S/C15H30N2O/c1-2-10-15(18)16-11-6-3-4-7-12-17-13-8-5-9-14-17/h2-14H2,1H3,(H,16,18). The summed E-state index contributed by atoms with van der Waals surface area (Å²) >= 11 is 0. The second-order valence-electron chi connectivity index (χ2n) is 5.42. The highest BCUT2D eigenvalue weighted by molar-refractivity contribution is 5.75. The molecule has 1 aliphatic rings. The lowest BCUT2D eigenvalue weighted by molar-refractivity contribution is -0.121. The van der Waals surface area contributed by atoms with Gasteiger partial charge in [-0.2, -0.15) is 0 Å². The van der Waals surface area contributed by atoms with E-state index in [1.165, 1.54) is 58.2 Å². The van der Waals surface area contributed by atoms with Crippen molar-refractivity contribution in [3.63, 3.8) is 0 Å². The van der Waals surface area contributed by atoms with E-state index in [1.807, 2.05) is 6.92 Å². The van der Waals surface area contributed by atoms with Gasteiger partial charge in [-0.15, -0.1) is 0 Å². The van der Waals surface area contributed by atoms with Crippen LogP contribution in [0, 0.1) is 0 Å². The van der Waals surface area contributed by atoms with Crippen molar-refractivity contribution >= 4 is 5.91 Å². The normalized spacial score (nSPS) is 16.7. The first-order valence-corrected chi connectivity index (χ1v) is 7.82. The van der Waals surface area contributed by atoms with E-state index < -0.39 is 0 Å². The Balaban J connectivity index is 1.82. The number of piperidine rings is 1. The average Bonchev–Trinajstić information content (AvgIpc) is 2.39. The number of nitrogens with zero attached hydrogens (tertiary/aromatic N) is 1. The van der Waals surface area contributed by atoms with E-state index in [-0.39, 0.29) is 5.91 Å². The van der Waals surface area contributed by atoms with Crippen LogP contribution < -0.4 is 5.32 Å². The van der Waals surface area contributed by atoms with Crippen molar-refractivity contribution in [2.45, 2.75) is 64.7 Å². The first-order valence-electron chi connectivity index (χ1n) is 7.82. The number of rotatable bonds is 9. The Morgan fingerprint density at radius 3 is 2.50 bits per heavy atom. The summed E-state index contributed by atoms with van der Waals surface area (Å²) in [4.78, 5) is 13.8. The molecule has 1 fully saturated rings. The number of carbonyl (C=O) groups is 1. The molecule has 1 N–H and O–H groups in total. The zero-order valence-electron chi connectivity index (χ0n) is 12.0. The average molecular weight is 254 g/mol. The molecule has 1 heterocycles. The molecule has 1 amide bonds. The van der Waals surface area contributed by atoms with E-state index in [0.29, 0.717) is 6.42 Å². The smallest absolute Gasteiger partial charge is 0.219 e. The molecule has 0 saturated carbocycles. The van der Waals surface area contributed by atoms with Gasteiger partial charge in [-0.1, -0.05) is 26.2 Å². The van der Waals surface area contributed by atoms with Crippen molar-refractivity contribution in [3.8, 4) is 0 Å². The molecule has 0 aromatic heterocycles. The molecule has 0 atom stereocenters. The Morgan fingerprint density at radius 2 is 1.78 bits per heavy atom. The van der Waals surface area contributed by atoms with E-state index in [2.05, 4.69) is 10.2 Å². The van der Waals surface area contributed by atoms with Gasteiger partial charge in [0, 0.05) is 13.0 Å². The summed E-state index contributed by atoms with van der Waals surface area (Å²) in [6.45, 7) is 6.81. The number of likely N-dealkylation sites (tertiary alicyclic amines) is 1. The molecule has 0 aliphatic carbocycles. The molecule has 0 unspecified atom stereocenters. The summed E-state index contributed by atoms with van der Waals surface area (Å²) in [5.41, 5.74) is 0. The van der Waals surface area contributed by atoms with Crippen molar-refractivity contribution in [2.24, 2.45) is 0 Å². The summed E-state index contributed by atoms with van der Waals surface area (Å²) in [7, 11) is 0. The fourth-order valence-corrected chi connectivity index (χ4v) is 2.54. The van der Waals surface area contributed by atoms with Gasteiger partial charge in [0.05, 0.1) is 0 Å². The molecule has 3 nitrogen and oxygen atoms in total. The topological polar surface area (TPSA) is 32.3 Å². The van der Waals surface area contributed by atoms with Gasteiger partial charge in [0.25, 0.3) is 0 Å². The van der Waals surface area contributed by atoms with Crippen LogP contribution in [0.4, 0.5) is 0 Å². The lowest BCUT2D eigenvalue weighted by atomic mass is 10.1. The number of hydrogen-bond acceptors (Lipinski definition) is 2. The van der Waals surface area contributed by atoms with Gasteiger partial charge in [0.15, 0.2) is 0 Å². The predicted molar refractivity (Wildman–Crippen MR) is 76.7 cm³/mol. The van der Waals surface area contributed by atoms with Crippen molar-refractivity contribution in [3.05, 3.63) is 0 Å². The van der Waals surface area contributed by atoms with Gasteiger partial charge in [-0.05, 0) is 51.7 Å². The number of amides is 1. The maximum absolute atomic E-state index is 11.2. The van der Waals surface area contributed by atoms with Gasteiger partial charge in [-0.25, -0.2) is 0 Å². The molecule has 1 saturated heterocycles. The fraction of sp³-hybridized carbons (Fsp3) is 0.933. The van der Waals surface area contributed by atoms with E-state index >= 15 is 0 Å². The van der Waals surface area contributed by atoms with Gasteiger partial charge in [-0.3, -0.25) is 4.79 Å². The largest absolute Gasteiger partial charge is 0.356 e. The van der Waals surface area contributed by atoms with Crippen LogP contribution >= 0.6 is 0 Å². The lowest BCUT2D eigenvalue weighted by Gasteiger charge is -2.26. The van der Waals surface area contributed by atoms with E-state index in [1.54, 1.807) is 0 Å². The summed E-state index contributed by atoms with van der Waals surface area (Å²) in [6.07, 6.45) is 10.8. The molecule has 3 heteroatoms. The Kier molecular flexibility index (Phi) is 8.92. The van der Waals surface area contributed by atoms with E-state index in [9.17, 15) is 4.79 Å². The lowest BCUT2D eigenvalue weighted by Crippen LogP contribution is -2.30. The second-order valence-corrected chi connectivity index (χ2v) is 5.42. The highest BCUT2D eigenvalue weighted by Gasteiger charge is 2.08. The number of hydrogen-bond donors (Lipinski definition) is 1. The van der Waals surface area contributed by atoms with Crippen LogP contribution in [0.15, 0.2) is 0 Å². The molecule has 106 valence electrons. The second kappa shape index (κ2) is 10.4. The number of nitrogens with one attached hydrogen (secondary N) is 1. The summed E-state index contributed by atoms with van der Waals surface area (Å²) < 4.78 is 0. The first-order chi connectivity index (χ1) is 8.83. The van der Waals surface area contributed by atoms with Gasteiger partial charge in [0.1, 0.15) is 0 Å². The molecule has 0 bridgehead atoms. The summed E-state index contributed by atoms with van der Waals surface area (Å²) in [6, 6.07) is 0. The van der Waals surface area contributed by atoms with Crippen LogP contribution in [0.1, 0.15) is 64.7 Å². The summed E-state index contributed by atoms with van der Waals surface area (Å²) in [5.74, 6) is 0.214. The molecule has 0 spiro atoms. The molecule has 0 aromatic rings. The zero-order chi connectivity index (χ0) is 13.1. The minimum Gasteiger partial charge on any atom is -0.356 e. The van der Waals surface area contributed by atoms with Crippen molar-refractivity contribution < 1.29 is 4.79 Å². The Bertz CT molecular complexity index is 213. The first kappa shape index (κ1) is 15.5. The fourth-order valence-electron chi connectivity index (χ4n) is 2.54. The van der Waals surface area contributed by atoms with Gasteiger partial charge >= 0.3 is 0 Å². The molecule has 18 heavy (non-hydrogen) atoms. The van der Waals surface area contributed by atoms with E-state index in [4.69, 9.17) is 0 Å². The highest BCUT2D eigenvalue weighted by atomic mass is 16.1. The maximum atomic E-state index is 11.2. The van der Waals surface area contributed by atoms with Crippen molar-refractivity contribution in [1.82, 2.24) is 10.2 Å². The highest BCUT2D eigenvalue weighted by Crippen LogP contribution is 2.10. The van der Waals surface area contributed by atoms with E-state index in [0.717, 1.165) is 19.4 Å². The monoisotopic (exact) mass is 254 g/mol. The van der Waals surface area contributed by atoms with Crippen LogP contribution in [0.2, 0.25) is 0 Å². The zero-order valence-corrected chi connectivity index (χ0v) is 12.0. The van der Waals surface area contributed by atoms with Crippen molar-refractivity contribution in [1.29, 1.82) is 0 Å². The minimum atomic E-state index is 0.214. The quantitative estimate of drug-likeness (QED) is 0.642. The minimum absolute atomic E-state index is 0.214. The maximum Gasteiger partial charge on any atom is 0.219 e. The van der Waals surface area contributed by atoms with Gasteiger partial charge in [0.2, 0.25) is 5.91 Å². The van der Waals surface area contributed by atoms with Crippen LogP contribution in [0.3, 0.4) is 0 Å².